The van der Waals surface area contributed by atoms with Gasteiger partial charge in [0.25, 0.3) is 5.69 Å². The van der Waals surface area contributed by atoms with Crippen LogP contribution in [0.4, 0.5) is 5.69 Å². The van der Waals surface area contributed by atoms with Crippen molar-refractivity contribution in [2.75, 3.05) is 13.9 Å². The number of ether oxygens (including phenoxy) is 3. The Labute approximate surface area is 137 Å². The smallest absolute Gasteiger partial charge is 0.269 e. The van der Waals surface area contributed by atoms with Crippen LogP contribution in [0.2, 0.25) is 0 Å². The minimum Gasteiger partial charge on any atom is -0.467 e. The number of non-ortho nitro benzene ring substituents is 1. The van der Waals surface area contributed by atoms with Gasteiger partial charge in [-0.3, -0.25) is 14.9 Å². The van der Waals surface area contributed by atoms with E-state index in [1.165, 1.54) is 19.2 Å². The molecule has 0 aliphatic carbocycles. The van der Waals surface area contributed by atoms with Crippen molar-refractivity contribution >= 4 is 11.5 Å². The van der Waals surface area contributed by atoms with E-state index in [1.54, 1.807) is 36.4 Å². The van der Waals surface area contributed by atoms with Crippen LogP contribution in [0, 0.1) is 10.1 Å². The average molecular weight is 329 g/mol. The molecule has 1 fully saturated rings. The second kappa shape index (κ2) is 6.77. The molecule has 2 aromatic rings. The van der Waals surface area contributed by atoms with Gasteiger partial charge in [0.1, 0.15) is 11.9 Å². The number of ketones is 1. The van der Waals surface area contributed by atoms with Crippen LogP contribution in [-0.2, 0) is 9.47 Å². The highest BCUT2D eigenvalue weighted by atomic mass is 16.7. The van der Waals surface area contributed by atoms with E-state index in [9.17, 15) is 14.9 Å². The molecule has 0 radical (unpaired) electrons. The van der Waals surface area contributed by atoms with E-state index in [0.717, 1.165) is 5.56 Å². The lowest BCUT2D eigenvalue weighted by Gasteiger charge is -2.08. The van der Waals surface area contributed by atoms with Crippen LogP contribution in [0.25, 0.3) is 0 Å². The molecule has 2 aromatic carbocycles. The largest absolute Gasteiger partial charge is 0.467 e. The fourth-order valence-corrected chi connectivity index (χ4v) is 2.42. The zero-order chi connectivity index (χ0) is 17.1. The molecule has 3 rings (SSSR count). The van der Waals surface area contributed by atoms with E-state index >= 15 is 0 Å². The monoisotopic (exact) mass is 329 g/mol. The normalized spacial score (nSPS) is 18.9. The Morgan fingerprint density at radius 2 is 1.92 bits per heavy atom. The Kier molecular flexibility index (Phi) is 4.54. The Hall–Kier alpha value is -2.77. The summed E-state index contributed by atoms with van der Waals surface area (Å²) in [4.78, 5) is 22.8. The van der Waals surface area contributed by atoms with E-state index in [2.05, 4.69) is 0 Å². The summed E-state index contributed by atoms with van der Waals surface area (Å²) in [5.74, 6) is 0.243. The molecule has 1 aliphatic rings. The molecule has 1 saturated heterocycles. The molecule has 2 atom stereocenters. The highest BCUT2D eigenvalue weighted by Crippen LogP contribution is 2.42. The first-order chi connectivity index (χ1) is 11.6. The number of nitro groups is 1. The van der Waals surface area contributed by atoms with Crippen LogP contribution in [0.15, 0.2) is 48.5 Å². The van der Waals surface area contributed by atoms with Crippen molar-refractivity contribution in [2.24, 2.45) is 0 Å². The fourth-order valence-electron chi connectivity index (χ4n) is 2.42. The van der Waals surface area contributed by atoms with Crippen molar-refractivity contribution in [1.29, 1.82) is 0 Å². The summed E-state index contributed by atoms with van der Waals surface area (Å²) >= 11 is 0. The molecule has 0 unspecified atom stereocenters. The maximum absolute atomic E-state index is 12.6. The molecule has 0 N–H and O–H groups in total. The number of hydrogen-bond acceptors (Lipinski definition) is 6. The number of Topliss-reactive ketones (excluding diaryl/α,β-unsaturated/α-hetero) is 1. The van der Waals surface area contributed by atoms with Crippen LogP contribution >= 0.6 is 0 Å². The van der Waals surface area contributed by atoms with Crippen LogP contribution in [0.3, 0.4) is 0 Å². The molecule has 0 saturated carbocycles. The van der Waals surface area contributed by atoms with E-state index in [-0.39, 0.29) is 18.3 Å². The third kappa shape index (κ3) is 3.27. The van der Waals surface area contributed by atoms with Gasteiger partial charge in [0.05, 0.1) is 10.5 Å². The molecule has 7 nitrogen and oxygen atoms in total. The maximum Gasteiger partial charge on any atom is 0.269 e. The Morgan fingerprint density at radius 1 is 1.21 bits per heavy atom. The van der Waals surface area contributed by atoms with Gasteiger partial charge in [0.2, 0.25) is 0 Å². The SMILES string of the molecule is COCOc1ccccc1C(=O)[C@H]1O[C@H]1c1ccc([N+](=O)[O-])cc1. The first-order valence-electron chi connectivity index (χ1n) is 7.26. The number of carbonyl (C=O) groups excluding carboxylic acids is 1. The zero-order valence-electron chi connectivity index (χ0n) is 12.9. The van der Waals surface area contributed by atoms with Gasteiger partial charge < -0.3 is 14.2 Å². The number of methoxy groups -OCH3 is 1. The average Bonchev–Trinajstić information content (AvgIpc) is 3.40. The van der Waals surface area contributed by atoms with Crippen LogP contribution < -0.4 is 4.74 Å². The minimum atomic E-state index is -0.612. The van der Waals surface area contributed by atoms with Crippen molar-refractivity contribution in [3.63, 3.8) is 0 Å². The van der Waals surface area contributed by atoms with Gasteiger partial charge >= 0.3 is 0 Å². The summed E-state index contributed by atoms with van der Waals surface area (Å²) in [6, 6.07) is 12.9. The lowest BCUT2D eigenvalue weighted by atomic mass is 10.0. The Bertz CT molecular complexity index is 758. The quantitative estimate of drug-likeness (QED) is 0.255. The number of nitro benzene ring substituents is 1. The molecule has 24 heavy (non-hydrogen) atoms. The van der Waals surface area contributed by atoms with Crippen LogP contribution in [-0.4, -0.2) is 30.7 Å². The maximum atomic E-state index is 12.6. The first-order valence-corrected chi connectivity index (χ1v) is 7.26. The second-order valence-electron chi connectivity index (χ2n) is 5.24. The summed E-state index contributed by atoms with van der Waals surface area (Å²) in [5.41, 5.74) is 1.15. The van der Waals surface area contributed by atoms with Gasteiger partial charge in [-0.2, -0.15) is 0 Å². The van der Waals surface area contributed by atoms with Gasteiger partial charge in [-0.15, -0.1) is 0 Å². The summed E-state index contributed by atoms with van der Waals surface area (Å²) < 4.78 is 15.7. The topological polar surface area (TPSA) is 91.2 Å². The summed E-state index contributed by atoms with van der Waals surface area (Å²) in [6.45, 7) is 0.0433. The van der Waals surface area contributed by atoms with E-state index in [0.29, 0.717) is 11.3 Å². The number of nitrogens with zero attached hydrogens (tertiary/aromatic N) is 1. The third-order valence-electron chi connectivity index (χ3n) is 3.67. The molecular formula is C17H15NO6. The molecule has 124 valence electrons. The number of hydrogen-bond donors (Lipinski definition) is 0. The van der Waals surface area contributed by atoms with Crippen molar-refractivity contribution in [3.05, 3.63) is 69.8 Å². The van der Waals surface area contributed by atoms with E-state index in [1.807, 2.05) is 0 Å². The third-order valence-corrected chi connectivity index (χ3v) is 3.67. The molecule has 0 amide bonds. The summed E-state index contributed by atoms with van der Waals surface area (Å²) in [7, 11) is 1.50. The predicted octanol–water partition coefficient (Wildman–Crippen LogP) is 2.90. The molecule has 0 bridgehead atoms. The molecule has 7 heteroatoms. The molecule has 0 aromatic heterocycles. The predicted molar refractivity (Wildman–Crippen MR) is 84.0 cm³/mol. The lowest BCUT2D eigenvalue weighted by Crippen LogP contribution is -2.11. The van der Waals surface area contributed by atoms with Crippen LogP contribution in [0.5, 0.6) is 5.75 Å². The first kappa shape index (κ1) is 16.1. The van der Waals surface area contributed by atoms with E-state index < -0.39 is 17.1 Å². The highest BCUT2D eigenvalue weighted by molar-refractivity contribution is 6.03. The van der Waals surface area contributed by atoms with Crippen molar-refractivity contribution in [3.8, 4) is 5.75 Å². The summed E-state index contributed by atoms with van der Waals surface area (Å²) in [5, 5.41) is 10.7. The molecule has 1 heterocycles. The van der Waals surface area contributed by atoms with Gasteiger partial charge in [0.15, 0.2) is 18.7 Å². The minimum absolute atomic E-state index is 0.000544. The second-order valence-corrected chi connectivity index (χ2v) is 5.24. The zero-order valence-corrected chi connectivity index (χ0v) is 12.9. The van der Waals surface area contributed by atoms with Gasteiger partial charge in [0, 0.05) is 19.2 Å². The van der Waals surface area contributed by atoms with Crippen LogP contribution in [0.1, 0.15) is 22.0 Å². The highest BCUT2D eigenvalue weighted by Gasteiger charge is 2.47. The van der Waals surface area contributed by atoms with Crippen molar-refractivity contribution < 1.29 is 23.9 Å². The number of carbonyl (C=O) groups is 1. The van der Waals surface area contributed by atoms with Gasteiger partial charge in [-0.1, -0.05) is 12.1 Å². The Balaban J connectivity index is 1.73. The number of rotatable bonds is 7. The fraction of sp³-hybridized carbons (Fsp3) is 0.235. The summed E-state index contributed by atoms with van der Waals surface area (Å²) in [6.07, 6.45) is -1.01. The van der Waals surface area contributed by atoms with E-state index in [4.69, 9.17) is 14.2 Å². The lowest BCUT2D eigenvalue weighted by molar-refractivity contribution is -0.384. The van der Waals surface area contributed by atoms with Crippen molar-refractivity contribution in [1.82, 2.24) is 0 Å². The number of para-hydroxylation sites is 1. The number of epoxide rings is 1. The Morgan fingerprint density at radius 3 is 2.58 bits per heavy atom. The standard InChI is InChI=1S/C17H15NO6/c1-22-10-23-14-5-3-2-4-13(14)15(19)17-16(24-17)11-6-8-12(9-7-11)18(20)21/h2-9,16-17H,10H2,1H3/t16-,17+/m0/s1. The molecule has 0 spiro atoms. The van der Waals surface area contributed by atoms with Gasteiger partial charge in [-0.05, 0) is 29.8 Å². The van der Waals surface area contributed by atoms with Gasteiger partial charge in [-0.25, -0.2) is 0 Å². The molecular weight excluding hydrogens is 314 g/mol. The molecule has 1 aliphatic heterocycles. The van der Waals surface area contributed by atoms with Crippen molar-refractivity contribution in [2.45, 2.75) is 12.2 Å². The number of benzene rings is 2.